The third kappa shape index (κ3) is 2.68. The zero-order chi connectivity index (χ0) is 18.7. The van der Waals surface area contributed by atoms with E-state index in [9.17, 15) is 0 Å². The molecule has 5 rings (SSSR count). The molecule has 0 nitrogen and oxygen atoms in total. The topological polar surface area (TPSA) is 0 Å². The van der Waals surface area contributed by atoms with Crippen LogP contribution in [0.5, 0.6) is 0 Å². The summed E-state index contributed by atoms with van der Waals surface area (Å²) < 4.78 is 5.75. The van der Waals surface area contributed by atoms with Gasteiger partial charge in [0.15, 0.2) is 0 Å². The normalized spacial score (nSPS) is 11.7. The van der Waals surface area contributed by atoms with Crippen LogP contribution < -0.4 is 0 Å². The van der Waals surface area contributed by atoms with E-state index in [1.165, 1.54) is 61.9 Å². The fourth-order valence-electron chi connectivity index (χ4n) is 3.99. The van der Waals surface area contributed by atoms with Gasteiger partial charge in [-0.3, -0.25) is 0 Å². The van der Waals surface area contributed by atoms with Gasteiger partial charge < -0.3 is 0 Å². The number of benzene rings is 2. The molecule has 0 spiro atoms. The Labute approximate surface area is 171 Å². The van der Waals surface area contributed by atoms with Crippen molar-refractivity contribution in [1.82, 2.24) is 0 Å². The first kappa shape index (κ1) is 17.2. The molecule has 0 aliphatic heterocycles. The van der Waals surface area contributed by atoms with Gasteiger partial charge in [0.25, 0.3) is 0 Å². The summed E-state index contributed by atoms with van der Waals surface area (Å²) in [7, 11) is 0. The van der Waals surface area contributed by atoms with E-state index in [0.717, 1.165) is 0 Å². The Morgan fingerprint density at radius 3 is 1.26 bits per heavy atom. The Morgan fingerprint density at radius 2 is 0.889 bits per heavy atom. The second-order valence-electron chi connectivity index (χ2n) is 7.24. The van der Waals surface area contributed by atoms with Crippen molar-refractivity contribution >= 4 is 52.8 Å². The van der Waals surface area contributed by atoms with Crippen LogP contribution in [0.3, 0.4) is 0 Å². The summed E-state index contributed by atoms with van der Waals surface area (Å²) in [5, 5.41) is 0. The molecule has 27 heavy (non-hydrogen) atoms. The van der Waals surface area contributed by atoms with Crippen molar-refractivity contribution in [3.8, 4) is 20.9 Å². The Balaban J connectivity index is 1.70. The quantitative estimate of drug-likeness (QED) is 0.276. The SMILES string of the molecule is Cc1cccc(C)c1-c1cc2sc3cc(-c4c(C)cccc4C)sc3c2s1. The van der Waals surface area contributed by atoms with Crippen molar-refractivity contribution in [3.63, 3.8) is 0 Å². The molecule has 0 atom stereocenters. The predicted octanol–water partition coefficient (Wildman–Crippen LogP) is 8.75. The van der Waals surface area contributed by atoms with Crippen molar-refractivity contribution in [3.05, 3.63) is 70.8 Å². The lowest BCUT2D eigenvalue weighted by molar-refractivity contribution is 1.39. The summed E-state index contributed by atoms with van der Waals surface area (Å²) in [6, 6.07) is 18.0. The summed E-state index contributed by atoms with van der Waals surface area (Å²) in [5.74, 6) is 0. The first-order chi connectivity index (χ1) is 13.0. The summed E-state index contributed by atoms with van der Waals surface area (Å²) in [4.78, 5) is 2.80. The maximum absolute atomic E-state index is 2.39. The van der Waals surface area contributed by atoms with Crippen LogP contribution in [-0.2, 0) is 0 Å². The molecule has 0 saturated carbocycles. The van der Waals surface area contributed by atoms with Gasteiger partial charge >= 0.3 is 0 Å². The Bertz CT molecular complexity index is 1170. The number of thiophene rings is 3. The zero-order valence-corrected chi connectivity index (χ0v) is 18.3. The minimum absolute atomic E-state index is 1.36. The lowest BCUT2D eigenvalue weighted by Gasteiger charge is -2.06. The zero-order valence-electron chi connectivity index (χ0n) is 15.8. The molecule has 2 aromatic carbocycles. The van der Waals surface area contributed by atoms with E-state index in [1.807, 2.05) is 34.0 Å². The number of aryl methyl sites for hydroxylation is 4. The van der Waals surface area contributed by atoms with Crippen molar-refractivity contribution < 1.29 is 0 Å². The maximum Gasteiger partial charge on any atom is 0.0636 e. The van der Waals surface area contributed by atoms with E-state index in [1.54, 1.807) is 0 Å². The molecule has 0 aliphatic rings. The molecule has 0 fully saturated rings. The highest BCUT2D eigenvalue weighted by Crippen LogP contribution is 2.49. The highest BCUT2D eigenvalue weighted by molar-refractivity contribution is 7.40. The van der Waals surface area contributed by atoms with Crippen LogP contribution in [0.15, 0.2) is 48.5 Å². The average Bonchev–Trinajstić information content (AvgIpc) is 3.25. The highest BCUT2D eigenvalue weighted by atomic mass is 32.1. The van der Waals surface area contributed by atoms with Crippen molar-refractivity contribution in [1.29, 1.82) is 0 Å². The van der Waals surface area contributed by atoms with Gasteiger partial charge in [0.1, 0.15) is 0 Å². The summed E-state index contributed by atoms with van der Waals surface area (Å²) in [5.41, 5.74) is 8.27. The van der Waals surface area contributed by atoms with E-state index < -0.39 is 0 Å². The Morgan fingerprint density at radius 1 is 0.519 bits per heavy atom. The maximum atomic E-state index is 2.39. The van der Waals surface area contributed by atoms with Crippen LogP contribution in [0, 0.1) is 27.7 Å². The van der Waals surface area contributed by atoms with E-state index in [2.05, 4.69) is 76.2 Å². The number of hydrogen-bond donors (Lipinski definition) is 0. The van der Waals surface area contributed by atoms with Gasteiger partial charge in [-0.2, -0.15) is 0 Å². The van der Waals surface area contributed by atoms with Gasteiger partial charge in [-0.05, 0) is 73.2 Å². The van der Waals surface area contributed by atoms with Crippen LogP contribution in [-0.4, -0.2) is 0 Å². The van der Waals surface area contributed by atoms with E-state index >= 15 is 0 Å². The molecule has 3 heterocycles. The fourth-order valence-corrected chi connectivity index (χ4v) is 8.36. The molecular formula is C24H20S3. The highest BCUT2D eigenvalue weighted by Gasteiger charge is 2.17. The minimum Gasteiger partial charge on any atom is -0.133 e. The summed E-state index contributed by atoms with van der Waals surface area (Å²) >= 11 is 5.84. The van der Waals surface area contributed by atoms with E-state index in [4.69, 9.17) is 0 Å². The fraction of sp³-hybridized carbons (Fsp3) is 0.167. The van der Waals surface area contributed by atoms with Crippen LogP contribution >= 0.6 is 34.0 Å². The monoisotopic (exact) mass is 404 g/mol. The second kappa shape index (κ2) is 6.30. The average molecular weight is 405 g/mol. The Kier molecular flexibility index (Phi) is 4.01. The van der Waals surface area contributed by atoms with Crippen molar-refractivity contribution in [2.45, 2.75) is 27.7 Å². The molecule has 0 N–H and O–H groups in total. The minimum atomic E-state index is 1.36. The third-order valence-corrected chi connectivity index (χ3v) is 9.09. The Hall–Kier alpha value is -1.94. The number of hydrogen-bond acceptors (Lipinski definition) is 3. The smallest absolute Gasteiger partial charge is 0.0636 e. The lowest BCUT2D eigenvalue weighted by atomic mass is 10.0. The molecule has 3 aromatic heterocycles. The molecule has 0 aliphatic carbocycles. The lowest BCUT2D eigenvalue weighted by Crippen LogP contribution is -1.84. The van der Waals surface area contributed by atoms with Crippen LogP contribution in [0.2, 0.25) is 0 Å². The predicted molar refractivity (Wildman–Crippen MR) is 125 cm³/mol. The molecule has 134 valence electrons. The first-order valence-corrected chi connectivity index (χ1v) is 11.6. The van der Waals surface area contributed by atoms with Crippen LogP contribution in [0.4, 0.5) is 0 Å². The summed E-state index contributed by atoms with van der Waals surface area (Å²) in [6.07, 6.45) is 0. The largest absolute Gasteiger partial charge is 0.133 e. The first-order valence-electron chi connectivity index (χ1n) is 9.12. The molecule has 0 bridgehead atoms. The van der Waals surface area contributed by atoms with E-state index in [0.29, 0.717) is 0 Å². The van der Waals surface area contributed by atoms with Crippen molar-refractivity contribution in [2.24, 2.45) is 0 Å². The molecular weight excluding hydrogens is 384 g/mol. The van der Waals surface area contributed by atoms with Gasteiger partial charge in [-0.15, -0.1) is 34.0 Å². The molecule has 5 aromatic rings. The van der Waals surface area contributed by atoms with Gasteiger partial charge in [0, 0.05) is 19.2 Å². The summed E-state index contributed by atoms with van der Waals surface area (Å²) in [6.45, 7) is 8.87. The second-order valence-corrected chi connectivity index (χ2v) is 10.4. The third-order valence-electron chi connectivity index (χ3n) is 5.28. The number of fused-ring (bicyclic) bond motifs is 3. The molecule has 3 heteroatoms. The number of rotatable bonds is 2. The van der Waals surface area contributed by atoms with Crippen LogP contribution in [0.25, 0.3) is 39.7 Å². The standard InChI is InChI=1S/C24H20S3/c1-13-7-5-8-14(2)21(13)17-11-19-23(26-17)24-20(25-19)12-18(27-24)22-15(3)9-6-10-16(22)4/h5-12H,1-4H3. The van der Waals surface area contributed by atoms with Gasteiger partial charge in [-0.25, -0.2) is 0 Å². The van der Waals surface area contributed by atoms with E-state index in [-0.39, 0.29) is 0 Å². The molecule has 0 unspecified atom stereocenters. The van der Waals surface area contributed by atoms with Gasteiger partial charge in [-0.1, -0.05) is 36.4 Å². The van der Waals surface area contributed by atoms with Crippen LogP contribution in [0.1, 0.15) is 22.3 Å². The van der Waals surface area contributed by atoms with Crippen molar-refractivity contribution in [2.75, 3.05) is 0 Å². The van der Waals surface area contributed by atoms with Gasteiger partial charge in [0.05, 0.1) is 9.40 Å². The molecule has 0 radical (unpaired) electrons. The molecule has 0 saturated heterocycles. The van der Waals surface area contributed by atoms with Gasteiger partial charge in [0.2, 0.25) is 0 Å². The molecule has 0 amide bonds.